The fourth-order valence-electron chi connectivity index (χ4n) is 1.68. The molecule has 0 saturated carbocycles. The number of halogens is 1. The highest BCUT2D eigenvalue weighted by Gasteiger charge is 1.95. The SMILES string of the molecule is ClCCC#Cc1ccc(OCCc2ccncc2)cc1. The lowest BCUT2D eigenvalue weighted by molar-refractivity contribution is 0.322. The molecule has 0 N–H and O–H groups in total. The van der Waals surface area contributed by atoms with Crippen LogP contribution in [0.3, 0.4) is 0 Å². The average molecular weight is 286 g/mol. The Kier molecular flexibility index (Phi) is 5.95. The smallest absolute Gasteiger partial charge is 0.119 e. The van der Waals surface area contributed by atoms with E-state index in [-0.39, 0.29) is 0 Å². The second-order valence-corrected chi connectivity index (χ2v) is 4.60. The summed E-state index contributed by atoms with van der Waals surface area (Å²) in [6.07, 6.45) is 5.18. The van der Waals surface area contributed by atoms with E-state index in [4.69, 9.17) is 16.3 Å². The van der Waals surface area contributed by atoms with Gasteiger partial charge < -0.3 is 4.74 Å². The minimum atomic E-state index is 0.573. The van der Waals surface area contributed by atoms with Crippen molar-refractivity contribution in [2.45, 2.75) is 12.8 Å². The van der Waals surface area contributed by atoms with Crippen LogP contribution in [0.2, 0.25) is 0 Å². The fourth-order valence-corrected chi connectivity index (χ4v) is 1.78. The van der Waals surface area contributed by atoms with Crippen molar-refractivity contribution in [3.63, 3.8) is 0 Å². The molecule has 0 saturated heterocycles. The van der Waals surface area contributed by atoms with Crippen molar-refractivity contribution in [1.82, 2.24) is 4.98 Å². The number of aromatic nitrogens is 1. The van der Waals surface area contributed by atoms with Crippen LogP contribution >= 0.6 is 11.6 Å². The molecule has 0 aliphatic rings. The Hall–Kier alpha value is -1.98. The normalized spacial score (nSPS) is 9.65. The van der Waals surface area contributed by atoms with Crippen molar-refractivity contribution in [2.24, 2.45) is 0 Å². The fraction of sp³-hybridized carbons (Fsp3) is 0.235. The van der Waals surface area contributed by atoms with E-state index in [9.17, 15) is 0 Å². The Bertz CT molecular complexity index is 569. The van der Waals surface area contributed by atoms with Gasteiger partial charge in [-0.25, -0.2) is 0 Å². The summed E-state index contributed by atoms with van der Waals surface area (Å²) in [5, 5.41) is 0. The number of pyridine rings is 1. The van der Waals surface area contributed by atoms with Crippen molar-refractivity contribution in [1.29, 1.82) is 0 Å². The van der Waals surface area contributed by atoms with Gasteiger partial charge in [-0.3, -0.25) is 4.98 Å². The van der Waals surface area contributed by atoms with Gasteiger partial charge in [0.1, 0.15) is 5.75 Å². The molecule has 0 unspecified atom stereocenters. The first-order chi connectivity index (χ1) is 9.88. The predicted molar refractivity (Wildman–Crippen MR) is 82.1 cm³/mol. The van der Waals surface area contributed by atoms with Crippen LogP contribution in [0.25, 0.3) is 0 Å². The zero-order chi connectivity index (χ0) is 14.0. The lowest BCUT2D eigenvalue weighted by atomic mass is 10.2. The van der Waals surface area contributed by atoms with E-state index in [1.54, 1.807) is 12.4 Å². The van der Waals surface area contributed by atoms with Crippen LogP contribution in [0.5, 0.6) is 5.75 Å². The van der Waals surface area contributed by atoms with Gasteiger partial charge in [0.15, 0.2) is 0 Å². The van der Waals surface area contributed by atoms with Gasteiger partial charge in [-0.15, -0.1) is 11.6 Å². The number of benzene rings is 1. The Morgan fingerprint density at radius 2 is 1.80 bits per heavy atom. The molecule has 0 bridgehead atoms. The number of rotatable bonds is 5. The molecule has 0 spiro atoms. The summed E-state index contributed by atoms with van der Waals surface area (Å²) in [7, 11) is 0. The largest absolute Gasteiger partial charge is 0.493 e. The summed E-state index contributed by atoms with van der Waals surface area (Å²) in [4.78, 5) is 3.99. The van der Waals surface area contributed by atoms with Gasteiger partial charge in [-0.05, 0) is 42.0 Å². The minimum Gasteiger partial charge on any atom is -0.493 e. The third kappa shape index (κ3) is 4.95. The van der Waals surface area contributed by atoms with Gasteiger partial charge in [-0.2, -0.15) is 0 Å². The molecule has 0 fully saturated rings. The molecular weight excluding hydrogens is 270 g/mol. The van der Waals surface area contributed by atoms with Crippen molar-refractivity contribution < 1.29 is 4.74 Å². The summed E-state index contributed by atoms with van der Waals surface area (Å²) >= 11 is 5.57. The van der Waals surface area contributed by atoms with Gasteiger partial charge in [0.25, 0.3) is 0 Å². The molecule has 0 aliphatic heterocycles. The second-order valence-electron chi connectivity index (χ2n) is 4.22. The van der Waals surface area contributed by atoms with Crippen molar-refractivity contribution in [3.05, 3.63) is 59.9 Å². The first-order valence-electron chi connectivity index (χ1n) is 6.55. The lowest BCUT2D eigenvalue weighted by Gasteiger charge is -2.06. The Morgan fingerprint density at radius 3 is 2.50 bits per heavy atom. The molecule has 3 heteroatoms. The maximum Gasteiger partial charge on any atom is 0.119 e. The molecule has 0 amide bonds. The highest BCUT2D eigenvalue weighted by molar-refractivity contribution is 6.18. The summed E-state index contributed by atoms with van der Waals surface area (Å²) in [6, 6.07) is 11.8. The zero-order valence-corrected chi connectivity index (χ0v) is 11.9. The van der Waals surface area contributed by atoms with E-state index >= 15 is 0 Å². The topological polar surface area (TPSA) is 22.1 Å². The van der Waals surface area contributed by atoms with E-state index in [0.717, 1.165) is 17.7 Å². The van der Waals surface area contributed by atoms with Crippen LogP contribution in [-0.2, 0) is 6.42 Å². The number of hydrogen-bond acceptors (Lipinski definition) is 2. The molecule has 2 nitrogen and oxygen atoms in total. The number of hydrogen-bond donors (Lipinski definition) is 0. The predicted octanol–water partition coefficient (Wildman–Crippen LogP) is 3.68. The maximum absolute atomic E-state index is 5.70. The van der Waals surface area contributed by atoms with Crippen molar-refractivity contribution in [2.75, 3.05) is 12.5 Å². The summed E-state index contributed by atoms with van der Waals surface area (Å²) < 4.78 is 5.70. The van der Waals surface area contributed by atoms with Gasteiger partial charge in [-0.1, -0.05) is 11.8 Å². The molecule has 102 valence electrons. The molecule has 1 aromatic carbocycles. The highest BCUT2D eigenvalue weighted by Crippen LogP contribution is 2.12. The lowest BCUT2D eigenvalue weighted by Crippen LogP contribution is -2.01. The highest BCUT2D eigenvalue weighted by atomic mass is 35.5. The third-order valence-electron chi connectivity index (χ3n) is 2.72. The van der Waals surface area contributed by atoms with Gasteiger partial charge in [0.05, 0.1) is 6.61 Å². The monoisotopic (exact) mass is 285 g/mol. The molecule has 0 atom stereocenters. The summed E-state index contributed by atoms with van der Waals surface area (Å²) in [5.41, 5.74) is 2.21. The number of nitrogens with zero attached hydrogens (tertiary/aromatic N) is 1. The molecule has 1 heterocycles. The van der Waals surface area contributed by atoms with E-state index < -0.39 is 0 Å². The quantitative estimate of drug-likeness (QED) is 0.617. The number of alkyl halides is 1. The maximum atomic E-state index is 5.70. The molecule has 2 rings (SSSR count). The average Bonchev–Trinajstić information content (AvgIpc) is 2.50. The van der Waals surface area contributed by atoms with Gasteiger partial charge in [0.2, 0.25) is 0 Å². The van der Waals surface area contributed by atoms with Crippen LogP contribution in [0.1, 0.15) is 17.5 Å². The first-order valence-corrected chi connectivity index (χ1v) is 7.08. The van der Waals surface area contributed by atoms with E-state index in [1.165, 1.54) is 5.56 Å². The van der Waals surface area contributed by atoms with Crippen molar-refractivity contribution in [3.8, 4) is 17.6 Å². The van der Waals surface area contributed by atoms with E-state index in [2.05, 4.69) is 16.8 Å². The van der Waals surface area contributed by atoms with Crippen molar-refractivity contribution >= 4 is 11.6 Å². The van der Waals surface area contributed by atoms with Gasteiger partial charge >= 0.3 is 0 Å². The Balaban J connectivity index is 1.81. The van der Waals surface area contributed by atoms with Crippen LogP contribution in [0, 0.1) is 11.8 Å². The molecule has 0 radical (unpaired) electrons. The van der Waals surface area contributed by atoms with Crippen LogP contribution in [-0.4, -0.2) is 17.5 Å². The Morgan fingerprint density at radius 1 is 1.05 bits per heavy atom. The van der Waals surface area contributed by atoms with Crippen LogP contribution in [0.4, 0.5) is 0 Å². The van der Waals surface area contributed by atoms with Crippen LogP contribution in [0.15, 0.2) is 48.8 Å². The molecule has 0 aliphatic carbocycles. The zero-order valence-electron chi connectivity index (χ0n) is 11.2. The Labute approximate surface area is 124 Å². The molecule has 1 aromatic heterocycles. The standard InChI is InChI=1S/C17H16ClNO/c18-11-2-1-3-15-4-6-17(7-5-15)20-14-10-16-8-12-19-13-9-16/h4-9,12-13H,2,10-11,14H2. The summed E-state index contributed by atoms with van der Waals surface area (Å²) in [5.74, 6) is 7.50. The van der Waals surface area contributed by atoms with E-state index in [1.807, 2.05) is 36.4 Å². The molecule has 2 aromatic rings. The summed E-state index contributed by atoms with van der Waals surface area (Å²) in [6.45, 7) is 0.654. The second kappa shape index (κ2) is 8.24. The van der Waals surface area contributed by atoms with Crippen LogP contribution < -0.4 is 4.74 Å². The van der Waals surface area contributed by atoms with Gasteiger partial charge in [0, 0.05) is 36.7 Å². The molecule has 20 heavy (non-hydrogen) atoms. The van der Waals surface area contributed by atoms with E-state index in [0.29, 0.717) is 18.9 Å². The minimum absolute atomic E-state index is 0.573. The number of ether oxygens (including phenoxy) is 1. The molecular formula is C17H16ClNO. The third-order valence-corrected chi connectivity index (χ3v) is 2.90. The first kappa shape index (κ1) is 14.4.